The summed E-state index contributed by atoms with van der Waals surface area (Å²) in [6, 6.07) is 26.7. The van der Waals surface area contributed by atoms with Gasteiger partial charge in [-0.25, -0.2) is 0 Å². The molecule has 5 nitrogen and oxygen atoms in total. The van der Waals surface area contributed by atoms with Crippen molar-refractivity contribution < 1.29 is 19.4 Å². The van der Waals surface area contributed by atoms with Gasteiger partial charge in [-0.3, -0.25) is 9.69 Å². The van der Waals surface area contributed by atoms with Gasteiger partial charge in [0.2, 0.25) is 0 Å². The van der Waals surface area contributed by atoms with Gasteiger partial charge in [-0.2, -0.15) is 0 Å². The summed E-state index contributed by atoms with van der Waals surface area (Å²) in [6.07, 6.45) is 6.20. The molecular formula is C36H45NO4. The maximum absolute atomic E-state index is 12.3. The number of carbonyl (C=O) groups excluding carboxylic acids is 1. The molecule has 1 fully saturated rings. The van der Waals surface area contributed by atoms with Crippen molar-refractivity contribution in [3.8, 4) is 11.5 Å². The van der Waals surface area contributed by atoms with Crippen LogP contribution in [0.25, 0.3) is 11.1 Å². The molecular weight excluding hydrogens is 510 g/mol. The van der Waals surface area contributed by atoms with Crippen LogP contribution in [0.5, 0.6) is 11.5 Å². The maximum Gasteiger partial charge on any atom is 0.311 e. The van der Waals surface area contributed by atoms with Crippen molar-refractivity contribution in [3.05, 3.63) is 95.6 Å². The van der Waals surface area contributed by atoms with Crippen LogP contribution < -0.4 is 9.47 Å². The number of rotatable bonds is 13. The van der Waals surface area contributed by atoms with Gasteiger partial charge in [-0.1, -0.05) is 67.9 Å². The highest BCUT2D eigenvalue weighted by molar-refractivity contribution is 5.98. The Bertz CT molecular complexity index is 1250. The summed E-state index contributed by atoms with van der Waals surface area (Å²) < 4.78 is 11.7. The van der Waals surface area contributed by atoms with Gasteiger partial charge in [0.1, 0.15) is 18.1 Å². The lowest BCUT2D eigenvalue weighted by molar-refractivity contribution is -0.134. The highest BCUT2D eigenvalue weighted by Crippen LogP contribution is 2.35. The third-order valence-corrected chi connectivity index (χ3v) is 7.59. The molecule has 3 aromatic rings. The zero-order valence-corrected chi connectivity index (χ0v) is 24.9. The number of piperidine rings is 1. The molecule has 3 aromatic carbocycles. The van der Waals surface area contributed by atoms with Crippen molar-refractivity contribution in [3.63, 3.8) is 0 Å². The number of nitrogens with zero attached hydrogens (tertiary/aromatic N) is 1. The van der Waals surface area contributed by atoms with Crippen molar-refractivity contribution in [2.75, 3.05) is 26.2 Å². The number of carbonyl (C=O) groups is 1. The normalized spacial score (nSPS) is 14.8. The molecule has 0 bridgehead atoms. The Morgan fingerprint density at radius 3 is 2.02 bits per heavy atom. The molecule has 5 heteroatoms. The first kappa shape index (κ1) is 30.5. The topological polar surface area (TPSA) is 59.0 Å². The quantitative estimate of drug-likeness (QED) is 0.133. The largest absolute Gasteiger partial charge is 0.492 e. The Morgan fingerprint density at radius 1 is 0.829 bits per heavy atom. The second kappa shape index (κ2) is 15.0. The Morgan fingerprint density at radius 2 is 1.44 bits per heavy atom. The molecule has 1 N–H and O–H groups in total. The summed E-state index contributed by atoms with van der Waals surface area (Å²) >= 11 is 0. The second-order valence-electron chi connectivity index (χ2n) is 11.5. The fraction of sp³-hybridized carbons (Fsp3) is 0.417. The minimum atomic E-state index is -0.780. The smallest absolute Gasteiger partial charge is 0.311 e. The number of ether oxygens (including phenoxy) is 2. The minimum Gasteiger partial charge on any atom is -0.492 e. The Balaban J connectivity index is 1.51. The highest BCUT2D eigenvalue weighted by Gasteiger charge is 2.16. The number of esters is 1. The third kappa shape index (κ3) is 9.58. The standard InChI is InChI=1S/C36H45NO4/c1-4-33(28-12-7-5-8-13-28)35(29-15-19-31(20-16-29)40-27-26-37-24-9-6-10-25-37)30-17-21-32(22-18-30)41-34(38)14-11-23-36(2,3)39/h5,7-8,12-13,15-22,39H,4,6,9-11,14,23-27H2,1-3H3/b35-33+. The molecule has 4 rings (SSSR count). The van der Waals surface area contributed by atoms with Gasteiger partial charge in [-0.15, -0.1) is 0 Å². The predicted octanol–water partition coefficient (Wildman–Crippen LogP) is 7.77. The molecule has 0 saturated carbocycles. The van der Waals surface area contributed by atoms with E-state index < -0.39 is 5.60 Å². The van der Waals surface area contributed by atoms with E-state index in [1.807, 2.05) is 30.3 Å². The summed E-state index contributed by atoms with van der Waals surface area (Å²) in [7, 11) is 0. The van der Waals surface area contributed by atoms with Crippen LogP contribution in [0.15, 0.2) is 78.9 Å². The Hall–Kier alpha value is -3.41. The lowest BCUT2D eigenvalue weighted by Gasteiger charge is -2.26. The van der Waals surface area contributed by atoms with Crippen LogP contribution in [0.3, 0.4) is 0 Å². The van der Waals surface area contributed by atoms with E-state index in [1.165, 1.54) is 43.5 Å². The molecule has 1 saturated heterocycles. The van der Waals surface area contributed by atoms with Gasteiger partial charge in [0, 0.05) is 13.0 Å². The lowest BCUT2D eigenvalue weighted by Crippen LogP contribution is -2.33. The van der Waals surface area contributed by atoms with E-state index in [9.17, 15) is 9.90 Å². The fourth-order valence-electron chi connectivity index (χ4n) is 5.41. The highest BCUT2D eigenvalue weighted by atomic mass is 16.5. The van der Waals surface area contributed by atoms with E-state index in [2.05, 4.69) is 60.4 Å². The summed E-state index contributed by atoms with van der Waals surface area (Å²) in [5.74, 6) is 1.12. The van der Waals surface area contributed by atoms with Gasteiger partial charge in [0.05, 0.1) is 5.60 Å². The monoisotopic (exact) mass is 555 g/mol. The molecule has 0 aromatic heterocycles. The predicted molar refractivity (Wildman–Crippen MR) is 167 cm³/mol. The van der Waals surface area contributed by atoms with Crippen molar-refractivity contribution in [2.45, 2.75) is 71.3 Å². The van der Waals surface area contributed by atoms with Crippen LogP contribution in [-0.4, -0.2) is 47.8 Å². The molecule has 0 atom stereocenters. The second-order valence-corrected chi connectivity index (χ2v) is 11.5. The van der Waals surface area contributed by atoms with Crippen LogP contribution in [0.1, 0.15) is 82.4 Å². The van der Waals surface area contributed by atoms with E-state index in [0.717, 1.165) is 35.4 Å². The summed E-state index contributed by atoms with van der Waals surface area (Å²) in [6.45, 7) is 9.70. The SMILES string of the molecule is CC/C(=C(/c1ccc(OCCN2CCCCC2)cc1)c1ccc(OC(=O)CCCC(C)(C)O)cc1)c1ccccc1. The number of hydrogen-bond donors (Lipinski definition) is 1. The molecule has 1 aliphatic rings. The lowest BCUT2D eigenvalue weighted by atomic mass is 9.88. The van der Waals surface area contributed by atoms with E-state index in [-0.39, 0.29) is 12.4 Å². The Labute approximate surface area is 245 Å². The maximum atomic E-state index is 12.3. The van der Waals surface area contributed by atoms with Gasteiger partial charge in [-0.05, 0) is 111 Å². The van der Waals surface area contributed by atoms with Gasteiger partial charge in [0.15, 0.2) is 0 Å². The first-order chi connectivity index (χ1) is 19.8. The molecule has 1 heterocycles. The summed E-state index contributed by atoms with van der Waals surface area (Å²) in [5, 5.41) is 9.88. The number of likely N-dealkylation sites (tertiary alicyclic amines) is 1. The number of allylic oxidation sites excluding steroid dienone is 1. The first-order valence-electron chi connectivity index (χ1n) is 15.1. The zero-order valence-electron chi connectivity index (χ0n) is 24.9. The number of aliphatic hydroxyl groups is 1. The average molecular weight is 556 g/mol. The van der Waals surface area contributed by atoms with Crippen molar-refractivity contribution in [2.24, 2.45) is 0 Å². The zero-order chi connectivity index (χ0) is 29.1. The molecule has 0 radical (unpaired) electrons. The van der Waals surface area contributed by atoms with Crippen molar-refractivity contribution in [1.29, 1.82) is 0 Å². The molecule has 218 valence electrons. The first-order valence-corrected chi connectivity index (χ1v) is 15.1. The minimum absolute atomic E-state index is 0.275. The van der Waals surface area contributed by atoms with E-state index in [4.69, 9.17) is 9.47 Å². The van der Waals surface area contributed by atoms with Crippen LogP contribution in [-0.2, 0) is 4.79 Å². The van der Waals surface area contributed by atoms with Crippen LogP contribution in [0, 0.1) is 0 Å². The van der Waals surface area contributed by atoms with Crippen LogP contribution >= 0.6 is 0 Å². The Kier molecular flexibility index (Phi) is 11.2. The van der Waals surface area contributed by atoms with Crippen molar-refractivity contribution in [1.82, 2.24) is 4.90 Å². The molecule has 1 aliphatic heterocycles. The van der Waals surface area contributed by atoms with Crippen molar-refractivity contribution >= 4 is 17.1 Å². The molecule has 0 aliphatic carbocycles. The summed E-state index contributed by atoms with van der Waals surface area (Å²) in [4.78, 5) is 14.8. The van der Waals surface area contributed by atoms with Crippen LogP contribution in [0.4, 0.5) is 0 Å². The molecule has 0 unspecified atom stereocenters. The average Bonchev–Trinajstić information content (AvgIpc) is 2.97. The van der Waals surface area contributed by atoms with E-state index >= 15 is 0 Å². The van der Waals surface area contributed by atoms with Gasteiger partial charge >= 0.3 is 5.97 Å². The molecule has 0 amide bonds. The van der Waals surface area contributed by atoms with E-state index in [0.29, 0.717) is 25.2 Å². The van der Waals surface area contributed by atoms with Crippen LogP contribution in [0.2, 0.25) is 0 Å². The molecule has 41 heavy (non-hydrogen) atoms. The van der Waals surface area contributed by atoms with Gasteiger partial charge < -0.3 is 14.6 Å². The molecule has 0 spiro atoms. The summed E-state index contributed by atoms with van der Waals surface area (Å²) in [5.41, 5.74) is 4.99. The third-order valence-electron chi connectivity index (χ3n) is 7.59. The van der Waals surface area contributed by atoms with E-state index in [1.54, 1.807) is 13.8 Å². The van der Waals surface area contributed by atoms with Gasteiger partial charge in [0.25, 0.3) is 0 Å². The number of hydrogen-bond acceptors (Lipinski definition) is 5. The fourth-order valence-corrected chi connectivity index (χ4v) is 5.41. The number of benzene rings is 3.